The summed E-state index contributed by atoms with van der Waals surface area (Å²) in [5.74, 6) is 0.942. The number of hydrogen-bond acceptors (Lipinski definition) is 3. The maximum atomic E-state index is 13.2. The summed E-state index contributed by atoms with van der Waals surface area (Å²) >= 11 is 7.92. The fraction of sp³-hybridized carbons (Fsp3) is 0.440. The van der Waals surface area contributed by atoms with E-state index < -0.39 is 6.04 Å². The summed E-state index contributed by atoms with van der Waals surface area (Å²) in [6.45, 7) is 4.20. The average molecular weight is 459 g/mol. The number of nitrogens with zero attached hydrogens (tertiary/aromatic N) is 1. The van der Waals surface area contributed by atoms with E-state index in [1.807, 2.05) is 37.3 Å². The van der Waals surface area contributed by atoms with E-state index in [2.05, 4.69) is 30.4 Å². The van der Waals surface area contributed by atoms with Crippen LogP contribution in [0.25, 0.3) is 0 Å². The fourth-order valence-corrected chi connectivity index (χ4v) is 4.98. The van der Waals surface area contributed by atoms with Gasteiger partial charge in [0, 0.05) is 23.4 Å². The monoisotopic (exact) mass is 458 g/mol. The Kier molecular flexibility index (Phi) is 8.85. The zero-order chi connectivity index (χ0) is 22.2. The molecule has 1 aliphatic carbocycles. The Balaban J connectivity index is 1.66. The number of thioether (sulfide) groups is 1. The molecule has 0 bridgehead atoms. The van der Waals surface area contributed by atoms with Crippen molar-refractivity contribution in [2.75, 3.05) is 5.75 Å². The third kappa shape index (κ3) is 7.01. The number of hydrogen-bond donors (Lipinski definition) is 1. The topological polar surface area (TPSA) is 49.4 Å². The van der Waals surface area contributed by atoms with Crippen LogP contribution in [-0.2, 0) is 21.9 Å². The van der Waals surface area contributed by atoms with Gasteiger partial charge in [0.15, 0.2) is 0 Å². The molecule has 0 unspecified atom stereocenters. The molecule has 0 saturated heterocycles. The van der Waals surface area contributed by atoms with E-state index in [1.165, 1.54) is 11.1 Å². The summed E-state index contributed by atoms with van der Waals surface area (Å²) in [5, 5.41) is 3.74. The number of halogens is 1. The number of benzene rings is 2. The van der Waals surface area contributed by atoms with Crippen molar-refractivity contribution in [1.82, 2.24) is 10.2 Å². The lowest BCUT2D eigenvalue weighted by Crippen LogP contribution is -2.50. The SMILES string of the molecule is Cc1cccc(CSCC(=O)N(Cc2ccccc2Cl)[C@@H](C)C(=O)NC2CCCC2)c1. The van der Waals surface area contributed by atoms with Crippen LogP contribution in [0.4, 0.5) is 0 Å². The molecule has 0 aromatic heterocycles. The van der Waals surface area contributed by atoms with Gasteiger partial charge in [-0.3, -0.25) is 9.59 Å². The Bertz CT molecular complexity index is 899. The number of carbonyl (C=O) groups excluding carboxylic acids is 2. The van der Waals surface area contributed by atoms with E-state index in [9.17, 15) is 9.59 Å². The molecule has 1 saturated carbocycles. The molecule has 2 aromatic rings. The average Bonchev–Trinajstić information content (AvgIpc) is 3.25. The van der Waals surface area contributed by atoms with Gasteiger partial charge >= 0.3 is 0 Å². The summed E-state index contributed by atoms with van der Waals surface area (Å²) in [6, 6.07) is 15.5. The van der Waals surface area contributed by atoms with E-state index in [0.717, 1.165) is 37.0 Å². The molecule has 0 heterocycles. The number of nitrogens with one attached hydrogen (secondary N) is 1. The van der Waals surface area contributed by atoms with E-state index >= 15 is 0 Å². The maximum Gasteiger partial charge on any atom is 0.242 e. The standard InChI is InChI=1S/C25H31ClN2O2S/c1-18-8-7-9-20(14-18)16-31-17-24(29)28(15-21-10-3-6-13-23(21)26)19(2)25(30)27-22-11-4-5-12-22/h3,6-10,13-14,19,22H,4-5,11-12,15-17H2,1-2H3,(H,27,30)/t19-/m0/s1. The van der Waals surface area contributed by atoms with Gasteiger partial charge in [-0.2, -0.15) is 0 Å². The molecule has 6 heteroatoms. The third-order valence-electron chi connectivity index (χ3n) is 5.74. The van der Waals surface area contributed by atoms with Crippen LogP contribution in [0.15, 0.2) is 48.5 Å². The van der Waals surface area contributed by atoms with Crippen LogP contribution < -0.4 is 5.32 Å². The summed E-state index contributed by atoms with van der Waals surface area (Å²) in [4.78, 5) is 27.8. The largest absolute Gasteiger partial charge is 0.352 e. The van der Waals surface area contributed by atoms with Crippen molar-refractivity contribution >= 4 is 35.2 Å². The summed E-state index contributed by atoms with van der Waals surface area (Å²) in [6.07, 6.45) is 4.33. The highest BCUT2D eigenvalue weighted by Crippen LogP contribution is 2.22. The van der Waals surface area contributed by atoms with Crippen molar-refractivity contribution in [2.24, 2.45) is 0 Å². The molecule has 0 spiro atoms. The molecule has 1 fully saturated rings. The van der Waals surface area contributed by atoms with Crippen molar-refractivity contribution in [2.45, 2.75) is 63.9 Å². The van der Waals surface area contributed by atoms with Crippen LogP contribution in [0.3, 0.4) is 0 Å². The van der Waals surface area contributed by atoms with E-state index in [-0.39, 0.29) is 17.9 Å². The van der Waals surface area contributed by atoms with Gasteiger partial charge in [0.25, 0.3) is 0 Å². The Morgan fingerprint density at radius 3 is 2.61 bits per heavy atom. The first-order valence-electron chi connectivity index (χ1n) is 10.9. The van der Waals surface area contributed by atoms with Gasteiger partial charge in [-0.15, -0.1) is 11.8 Å². The molecule has 2 aromatic carbocycles. The smallest absolute Gasteiger partial charge is 0.242 e. The molecular formula is C25H31ClN2O2S. The predicted octanol–water partition coefficient (Wildman–Crippen LogP) is 5.36. The van der Waals surface area contributed by atoms with Crippen LogP contribution in [0, 0.1) is 6.92 Å². The second kappa shape index (κ2) is 11.6. The number of carbonyl (C=O) groups is 2. The Labute approximate surface area is 194 Å². The molecule has 31 heavy (non-hydrogen) atoms. The lowest BCUT2D eigenvalue weighted by atomic mass is 10.1. The van der Waals surface area contributed by atoms with Gasteiger partial charge in [0.1, 0.15) is 6.04 Å². The summed E-state index contributed by atoms with van der Waals surface area (Å²) in [5.41, 5.74) is 3.26. The van der Waals surface area contributed by atoms with Crippen LogP contribution in [0.2, 0.25) is 5.02 Å². The van der Waals surface area contributed by atoms with Crippen molar-refractivity contribution in [1.29, 1.82) is 0 Å². The van der Waals surface area contributed by atoms with Gasteiger partial charge in [0.2, 0.25) is 11.8 Å². The lowest BCUT2D eigenvalue weighted by molar-refractivity contribution is -0.138. The van der Waals surface area contributed by atoms with Crippen molar-refractivity contribution in [3.63, 3.8) is 0 Å². The third-order valence-corrected chi connectivity index (χ3v) is 7.10. The second-order valence-corrected chi connectivity index (χ2v) is 9.65. The summed E-state index contributed by atoms with van der Waals surface area (Å²) in [7, 11) is 0. The second-order valence-electron chi connectivity index (χ2n) is 8.26. The predicted molar refractivity (Wildman–Crippen MR) is 129 cm³/mol. The number of amides is 2. The van der Waals surface area contributed by atoms with Crippen LogP contribution in [0.1, 0.15) is 49.3 Å². The fourth-order valence-electron chi connectivity index (χ4n) is 3.93. The normalized spacial score (nSPS) is 14.9. The molecule has 1 N–H and O–H groups in total. The lowest BCUT2D eigenvalue weighted by Gasteiger charge is -2.30. The van der Waals surface area contributed by atoms with Crippen LogP contribution in [0.5, 0.6) is 0 Å². The van der Waals surface area contributed by atoms with E-state index in [0.29, 0.717) is 17.3 Å². The highest BCUT2D eigenvalue weighted by atomic mass is 35.5. The van der Waals surface area contributed by atoms with Crippen molar-refractivity contribution in [3.05, 3.63) is 70.2 Å². The molecular weight excluding hydrogens is 428 g/mol. The Morgan fingerprint density at radius 1 is 1.16 bits per heavy atom. The molecule has 0 radical (unpaired) electrons. The quantitative estimate of drug-likeness (QED) is 0.550. The number of rotatable bonds is 9. The Hall–Kier alpha value is -1.98. The van der Waals surface area contributed by atoms with Crippen LogP contribution in [-0.4, -0.2) is 34.6 Å². The molecule has 3 rings (SSSR count). The van der Waals surface area contributed by atoms with E-state index in [4.69, 9.17) is 11.6 Å². The molecule has 4 nitrogen and oxygen atoms in total. The molecule has 1 aliphatic rings. The molecule has 2 amide bonds. The maximum absolute atomic E-state index is 13.2. The zero-order valence-electron chi connectivity index (χ0n) is 18.3. The van der Waals surface area contributed by atoms with Gasteiger partial charge in [-0.05, 0) is 43.9 Å². The molecule has 1 atom stereocenters. The minimum atomic E-state index is -0.552. The highest BCUT2D eigenvalue weighted by Gasteiger charge is 2.28. The first-order valence-corrected chi connectivity index (χ1v) is 12.4. The number of aryl methyl sites for hydroxylation is 1. The summed E-state index contributed by atoms with van der Waals surface area (Å²) < 4.78 is 0. The van der Waals surface area contributed by atoms with Crippen LogP contribution >= 0.6 is 23.4 Å². The minimum absolute atomic E-state index is 0.0494. The van der Waals surface area contributed by atoms with Gasteiger partial charge < -0.3 is 10.2 Å². The van der Waals surface area contributed by atoms with Crippen molar-refractivity contribution < 1.29 is 9.59 Å². The van der Waals surface area contributed by atoms with E-state index in [1.54, 1.807) is 16.7 Å². The van der Waals surface area contributed by atoms with Gasteiger partial charge in [0.05, 0.1) is 5.75 Å². The minimum Gasteiger partial charge on any atom is -0.352 e. The van der Waals surface area contributed by atoms with Crippen molar-refractivity contribution in [3.8, 4) is 0 Å². The Morgan fingerprint density at radius 2 is 1.90 bits per heavy atom. The first kappa shape index (κ1) is 23.7. The molecule has 166 valence electrons. The highest BCUT2D eigenvalue weighted by molar-refractivity contribution is 7.99. The zero-order valence-corrected chi connectivity index (χ0v) is 19.8. The van der Waals surface area contributed by atoms with Gasteiger partial charge in [-0.1, -0.05) is 72.5 Å². The first-order chi connectivity index (χ1) is 14.9. The molecule has 0 aliphatic heterocycles. The van der Waals surface area contributed by atoms with Gasteiger partial charge in [-0.25, -0.2) is 0 Å².